The minimum absolute atomic E-state index is 0.369. The first-order chi connectivity index (χ1) is 14.9. The zero-order valence-corrected chi connectivity index (χ0v) is 22.3. The summed E-state index contributed by atoms with van der Waals surface area (Å²) in [7, 11) is -3.53. The summed E-state index contributed by atoms with van der Waals surface area (Å²) < 4.78 is 0. The first-order valence-corrected chi connectivity index (χ1v) is 18.2. The average Bonchev–Trinajstić information content (AvgIpc) is 2.71. The Kier molecular flexibility index (Phi) is 6.77. The first kappa shape index (κ1) is 24.0. The number of carbonyl (C=O) groups is 1. The van der Waals surface area contributed by atoms with Crippen molar-refractivity contribution in [3.8, 4) is 0 Å². The van der Waals surface area contributed by atoms with E-state index in [4.69, 9.17) is 0 Å². The number of carboxylic acids is 1. The Balaban J connectivity index is 2.57. The molecule has 3 aromatic carbocycles. The Morgan fingerprint density at radius 3 is 1.78 bits per heavy atom. The molecular formula is C28H34O2Si2. The summed E-state index contributed by atoms with van der Waals surface area (Å²) in [5.74, 6) is -0.878. The van der Waals surface area contributed by atoms with Gasteiger partial charge in [0.1, 0.15) is 0 Å². The highest BCUT2D eigenvalue weighted by atomic mass is 28.3. The van der Waals surface area contributed by atoms with Crippen molar-refractivity contribution in [2.75, 3.05) is 0 Å². The summed E-state index contributed by atoms with van der Waals surface area (Å²) in [6.45, 7) is 16.2. The molecule has 0 amide bonds. The van der Waals surface area contributed by atoms with E-state index < -0.39 is 22.1 Å². The molecule has 2 nitrogen and oxygen atoms in total. The van der Waals surface area contributed by atoms with Gasteiger partial charge in [-0.15, -0.1) is 0 Å². The van der Waals surface area contributed by atoms with Crippen LogP contribution in [0.1, 0.15) is 32.6 Å². The van der Waals surface area contributed by atoms with Gasteiger partial charge in [-0.3, -0.25) is 0 Å². The molecule has 1 N–H and O–H groups in total. The molecule has 0 aliphatic heterocycles. The molecule has 3 aromatic rings. The number of benzene rings is 3. The van der Waals surface area contributed by atoms with E-state index in [0.717, 1.165) is 11.1 Å². The van der Waals surface area contributed by atoms with Crippen molar-refractivity contribution in [1.82, 2.24) is 0 Å². The molecule has 0 heterocycles. The predicted molar refractivity (Wildman–Crippen MR) is 143 cm³/mol. The largest absolute Gasteiger partial charge is 0.478 e. The highest BCUT2D eigenvalue weighted by molar-refractivity contribution is 6.95. The van der Waals surface area contributed by atoms with Crippen LogP contribution in [0.3, 0.4) is 0 Å². The van der Waals surface area contributed by atoms with Crippen LogP contribution in [0.15, 0.2) is 72.8 Å². The minimum atomic E-state index is -1.86. The van der Waals surface area contributed by atoms with E-state index in [1.54, 1.807) is 6.07 Å². The van der Waals surface area contributed by atoms with Crippen LogP contribution in [0, 0.1) is 6.92 Å². The van der Waals surface area contributed by atoms with Gasteiger partial charge in [-0.25, -0.2) is 4.79 Å². The van der Waals surface area contributed by atoms with Gasteiger partial charge in [-0.1, -0.05) is 111 Å². The minimum Gasteiger partial charge on any atom is -0.478 e. The van der Waals surface area contributed by atoms with Gasteiger partial charge in [0.25, 0.3) is 0 Å². The van der Waals surface area contributed by atoms with Crippen molar-refractivity contribution < 1.29 is 9.90 Å². The fourth-order valence-corrected chi connectivity index (χ4v) is 8.13. The van der Waals surface area contributed by atoms with E-state index >= 15 is 0 Å². The van der Waals surface area contributed by atoms with Crippen LogP contribution >= 0.6 is 0 Å². The molecule has 0 bridgehead atoms. The molecule has 0 radical (unpaired) electrons. The zero-order chi connectivity index (χ0) is 23.7. The second kappa shape index (κ2) is 9.04. The standard InChI is InChI=1S/C28H34O2Si2/c1-20-22(17-13-18-23(20)28(29)30)26(24-16-11-12-19-25(24)31(2,3)4)27(32(5,6)7)21-14-9-8-10-15-21/h8-19H,1-7H3,(H,29,30). The lowest BCUT2D eigenvalue weighted by Gasteiger charge is -2.30. The lowest BCUT2D eigenvalue weighted by atomic mass is 9.90. The van der Waals surface area contributed by atoms with Crippen molar-refractivity contribution in [1.29, 1.82) is 0 Å². The third kappa shape index (κ3) is 4.87. The highest BCUT2D eigenvalue weighted by Gasteiger charge is 2.30. The molecule has 0 aromatic heterocycles. The first-order valence-electron chi connectivity index (χ1n) is 11.2. The van der Waals surface area contributed by atoms with Gasteiger partial charge in [0, 0.05) is 0 Å². The van der Waals surface area contributed by atoms with Crippen LogP contribution < -0.4 is 5.19 Å². The van der Waals surface area contributed by atoms with E-state index in [1.807, 2.05) is 13.0 Å². The molecule has 3 rings (SSSR count). The van der Waals surface area contributed by atoms with Gasteiger partial charge < -0.3 is 5.11 Å². The average molecular weight is 459 g/mol. The molecule has 32 heavy (non-hydrogen) atoms. The molecule has 4 heteroatoms. The van der Waals surface area contributed by atoms with Crippen molar-refractivity contribution in [3.05, 3.63) is 101 Å². The maximum atomic E-state index is 12.0. The van der Waals surface area contributed by atoms with Crippen LogP contribution in [0.5, 0.6) is 0 Å². The van der Waals surface area contributed by atoms with E-state index in [1.165, 1.54) is 27.1 Å². The van der Waals surface area contributed by atoms with Gasteiger partial charge in [-0.2, -0.15) is 0 Å². The van der Waals surface area contributed by atoms with Crippen LogP contribution in [-0.2, 0) is 0 Å². The number of hydrogen-bond acceptors (Lipinski definition) is 1. The Morgan fingerprint density at radius 1 is 0.688 bits per heavy atom. The summed E-state index contributed by atoms with van der Waals surface area (Å²) in [5, 5.41) is 12.6. The van der Waals surface area contributed by atoms with Gasteiger partial charge in [0.05, 0.1) is 21.7 Å². The van der Waals surface area contributed by atoms with E-state index in [-0.39, 0.29) is 0 Å². The number of rotatable bonds is 6. The molecule has 166 valence electrons. The van der Waals surface area contributed by atoms with Crippen LogP contribution in [0.25, 0.3) is 10.8 Å². The smallest absolute Gasteiger partial charge is 0.335 e. The van der Waals surface area contributed by atoms with Gasteiger partial charge in [-0.05, 0) is 46.0 Å². The zero-order valence-electron chi connectivity index (χ0n) is 20.3. The summed E-state index contributed by atoms with van der Waals surface area (Å²) in [6, 6.07) is 25.1. The molecule has 0 unspecified atom stereocenters. The summed E-state index contributed by atoms with van der Waals surface area (Å²) in [6.07, 6.45) is 0. The van der Waals surface area contributed by atoms with Gasteiger partial charge in [0.2, 0.25) is 0 Å². The Bertz CT molecular complexity index is 1160. The monoisotopic (exact) mass is 458 g/mol. The molecule has 0 fully saturated rings. The molecule has 0 aliphatic carbocycles. The van der Waals surface area contributed by atoms with Crippen LogP contribution in [0.4, 0.5) is 0 Å². The van der Waals surface area contributed by atoms with Crippen molar-refractivity contribution in [3.63, 3.8) is 0 Å². The molecular weight excluding hydrogens is 424 g/mol. The molecule has 0 aliphatic rings. The van der Waals surface area contributed by atoms with E-state index in [9.17, 15) is 9.90 Å². The highest BCUT2D eigenvalue weighted by Crippen LogP contribution is 2.39. The number of aromatic carboxylic acids is 1. The fraction of sp³-hybridized carbons (Fsp3) is 0.250. The van der Waals surface area contributed by atoms with Crippen molar-refractivity contribution in [2.24, 2.45) is 0 Å². The fourth-order valence-electron chi connectivity index (χ4n) is 4.46. The molecule has 0 saturated carbocycles. The third-order valence-corrected chi connectivity index (χ3v) is 9.99. The van der Waals surface area contributed by atoms with E-state index in [0.29, 0.717) is 5.56 Å². The Hall–Kier alpha value is -2.70. The predicted octanol–water partition coefficient (Wildman–Crippen LogP) is 7.07. The SMILES string of the molecule is Cc1c(C(=O)O)cccc1C(=C(c1ccccc1)[Si](C)(C)C)c1ccccc1[Si](C)(C)C. The summed E-state index contributed by atoms with van der Waals surface area (Å²) in [4.78, 5) is 12.0. The Morgan fingerprint density at radius 2 is 1.22 bits per heavy atom. The number of carboxylic acid groups (broad SMARTS) is 1. The lowest BCUT2D eigenvalue weighted by molar-refractivity contribution is 0.0696. The lowest BCUT2D eigenvalue weighted by Crippen LogP contribution is -2.40. The van der Waals surface area contributed by atoms with Crippen LogP contribution in [-0.4, -0.2) is 27.2 Å². The maximum absolute atomic E-state index is 12.0. The van der Waals surface area contributed by atoms with E-state index in [2.05, 4.69) is 99.9 Å². The second-order valence-electron chi connectivity index (χ2n) is 10.4. The Labute approximate surface area is 194 Å². The molecule has 0 spiro atoms. The van der Waals surface area contributed by atoms with Crippen LogP contribution in [0.2, 0.25) is 39.3 Å². The summed E-state index contributed by atoms with van der Waals surface area (Å²) >= 11 is 0. The van der Waals surface area contributed by atoms with Crippen molar-refractivity contribution >= 4 is 38.1 Å². The van der Waals surface area contributed by atoms with Crippen molar-refractivity contribution in [2.45, 2.75) is 46.2 Å². The topological polar surface area (TPSA) is 37.3 Å². The maximum Gasteiger partial charge on any atom is 0.335 e. The van der Waals surface area contributed by atoms with Gasteiger partial charge >= 0.3 is 5.97 Å². The summed E-state index contributed by atoms with van der Waals surface area (Å²) in [5.41, 5.74) is 5.90. The second-order valence-corrected chi connectivity index (χ2v) is 20.5. The third-order valence-electron chi connectivity index (χ3n) is 5.90. The molecule has 0 saturated heterocycles. The quantitative estimate of drug-likeness (QED) is 0.317. The number of hydrogen-bond donors (Lipinski definition) is 1. The normalized spacial score (nSPS) is 13.0. The van der Waals surface area contributed by atoms with Gasteiger partial charge in [0.15, 0.2) is 0 Å². The molecule has 0 atom stereocenters.